The Labute approximate surface area is 171 Å². The Hall–Kier alpha value is -2.76. The summed E-state index contributed by atoms with van der Waals surface area (Å²) in [4.78, 5) is 28.7. The molecule has 1 saturated heterocycles. The number of pyridine rings is 2. The first-order chi connectivity index (χ1) is 13.8. The Bertz CT molecular complexity index is 1070. The Morgan fingerprint density at radius 2 is 2.07 bits per heavy atom. The number of likely N-dealkylation sites (tertiary alicyclic amines) is 1. The summed E-state index contributed by atoms with van der Waals surface area (Å²) < 4.78 is 1.99. The van der Waals surface area contributed by atoms with Crippen LogP contribution in [0, 0.1) is 10.8 Å². The number of fused-ring (bicyclic) bond motifs is 3. The lowest BCUT2D eigenvalue weighted by atomic mass is 9.65. The quantitative estimate of drug-likeness (QED) is 0.681. The second kappa shape index (κ2) is 6.37. The molecule has 0 radical (unpaired) electrons. The molecule has 4 heterocycles. The summed E-state index contributed by atoms with van der Waals surface area (Å²) in [5, 5.41) is 0. The number of carbonyl (C=O) groups excluding carboxylic acids is 1. The zero-order valence-electron chi connectivity index (χ0n) is 17.3. The van der Waals surface area contributed by atoms with Gasteiger partial charge in [-0.25, -0.2) is 9.97 Å². The van der Waals surface area contributed by atoms with E-state index in [-0.39, 0.29) is 11.3 Å². The topological polar surface area (TPSA) is 63.9 Å². The minimum absolute atomic E-state index is 0.0904. The minimum atomic E-state index is 0.0904. The van der Waals surface area contributed by atoms with Gasteiger partial charge in [-0.1, -0.05) is 26.8 Å². The molecule has 29 heavy (non-hydrogen) atoms. The second-order valence-electron chi connectivity index (χ2n) is 9.95. The molecule has 5 rings (SSSR count). The summed E-state index contributed by atoms with van der Waals surface area (Å²) in [7, 11) is 0. The van der Waals surface area contributed by atoms with Crippen molar-refractivity contribution in [3.8, 4) is 0 Å². The van der Waals surface area contributed by atoms with Gasteiger partial charge in [0.15, 0.2) is 5.65 Å². The molecular formula is C23H27N5O. The zero-order chi connectivity index (χ0) is 20.2. The number of hydrogen-bond acceptors (Lipinski definition) is 4. The van der Waals surface area contributed by atoms with Crippen LogP contribution in [0.4, 0.5) is 0 Å². The Kier molecular flexibility index (Phi) is 4.02. The van der Waals surface area contributed by atoms with Gasteiger partial charge in [0.1, 0.15) is 5.52 Å². The van der Waals surface area contributed by atoms with Crippen molar-refractivity contribution in [1.29, 1.82) is 0 Å². The highest BCUT2D eigenvalue weighted by Crippen LogP contribution is 2.52. The van der Waals surface area contributed by atoms with Crippen LogP contribution in [0.3, 0.4) is 0 Å². The van der Waals surface area contributed by atoms with Crippen molar-refractivity contribution < 1.29 is 4.79 Å². The number of carbonyl (C=O) groups is 1. The lowest BCUT2D eigenvalue weighted by Gasteiger charge is -2.39. The molecule has 0 unspecified atom stereocenters. The van der Waals surface area contributed by atoms with Crippen LogP contribution in [0.15, 0.2) is 43.1 Å². The molecule has 6 heteroatoms. The lowest BCUT2D eigenvalue weighted by Crippen LogP contribution is -2.37. The third-order valence-corrected chi connectivity index (χ3v) is 6.45. The smallest absolute Gasteiger partial charge is 0.255 e. The number of amides is 1. The Morgan fingerprint density at radius 1 is 1.21 bits per heavy atom. The van der Waals surface area contributed by atoms with Crippen LogP contribution in [-0.4, -0.2) is 42.9 Å². The summed E-state index contributed by atoms with van der Waals surface area (Å²) in [6, 6.07) is 6.17. The molecular weight excluding hydrogens is 362 g/mol. The molecule has 6 nitrogen and oxygen atoms in total. The molecule has 1 aliphatic carbocycles. The fourth-order valence-electron chi connectivity index (χ4n) is 5.73. The van der Waals surface area contributed by atoms with Gasteiger partial charge in [-0.3, -0.25) is 9.78 Å². The SMILES string of the molecule is CC1(C)C[C@@H]2C[C@@](C)(CN2C(=O)c2cnc3c(c2)ncn3Cc2cccnc2)C1. The molecule has 0 aromatic carbocycles. The molecule has 0 spiro atoms. The zero-order valence-corrected chi connectivity index (χ0v) is 17.3. The van der Waals surface area contributed by atoms with Gasteiger partial charge in [0.25, 0.3) is 5.91 Å². The molecule has 150 valence electrons. The van der Waals surface area contributed by atoms with Crippen LogP contribution in [-0.2, 0) is 6.54 Å². The first-order valence-electron chi connectivity index (χ1n) is 10.3. The van der Waals surface area contributed by atoms with Crippen LogP contribution in [0.2, 0.25) is 0 Å². The first-order valence-corrected chi connectivity index (χ1v) is 10.3. The largest absolute Gasteiger partial charge is 0.335 e. The molecule has 2 fully saturated rings. The average molecular weight is 390 g/mol. The maximum absolute atomic E-state index is 13.3. The molecule has 2 aliphatic rings. The van der Waals surface area contributed by atoms with Crippen LogP contribution >= 0.6 is 0 Å². The van der Waals surface area contributed by atoms with Gasteiger partial charge in [-0.15, -0.1) is 0 Å². The van der Waals surface area contributed by atoms with Gasteiger partial charge in [-0.05, 0) is 47.8 Å². The van der Waals surface area contributed by atoms with Crippen molar-refractivity contribution in [2.75, 3.05) is 6.54 Å². The van der Waals surface area contributed by atoms with E-state index in [1.54, 1.807) is 18.7 Å². The van der Waals surface area contributed by atoms with Crippen LogP contribution in [0.1, 0.15) is 56.0 Å². The molecule has 3 aromatic heterocycles. The number of aromatic nitrogens is 4. The number of rotatable bonds is 3. The lowest BCUT2D eigenvalue weighted by molar-refractivity contribution is 0.0708. The molecule has 0 N–H and O–H groups in total. The van der Waals surface area contributed by atoms with E-state index in [0.29, 0.717) is 23.6 Å². The number of imidazole rings is 1. The van der Waals surface area contributed by atoms with E-state index in [2.05, 4.69) is 40.6 Å². The second-order valence-corrected chi connectivity index (χ2v) is 9.95. The third-order valence-electron chi connectivity index (χ3n) is 6.45. The van der Waals surface area contributed by atoms with Crippen molar-refractivity contribution in [3.05, 3.63) is 54.2 Å². The van der Waals surface area contributed by atoms with Gasteiger partial charge >= 0.3 is 0 Å². The third kappa shape index (κ3) is 3.30. The summed E-state index contributed by atoms with van der Waals surface area (Å²) in [6.45, 7) is 8.48. The Balaban J connectivity index is 1.41. The van der Waals surface area contributed by atoms with E-state index in [9.17, 15) is 4.79 Å². The summed E-state index contributed by atoms with van der Waals surface area (Å²) in [5.74, 6) is 0.0904. The van der Waals surface area contributed by atoms with Crippen molar-refractivity contribution in [2.24, 2.45) is 10.8 Å². The van der Waals surface area contributed by atoms with Crippen molar-refractivity contribution in [3.63, 3.8) is 0 Å². The monoisotopic (exact) mass is 389 g/mol. The molecule has 2 atom stereocenters. The van der Waals surface area contributed by atoms with E-state index in [0.717, 1.165) is 36.1 Å². The van der Waals surface area contributed by atoms with Gasteiger partial charge in [0.2, 0.25) is 0 Å². The summed E-state index contributed by atoms with van der Waals surface area (Å²) in [6.07, 6.45) is 10.5. The van der Waals surface area contributed by atoms with E-state index in [1.165, 1.54) is 6.42 Å². The van der Waals surface area contributed by atoms with E-state index < -0.39 is 0 Å². The van der Waals surface area contributed by atoms with Gasteiger partial charge < -0.3 is 9.47 Å². The van der Waals surface area contributed by atoms with Crippen LogP contribution < -0.4 is 0 Å². The fraction of sp³-hybridized carbons (Fsp3) is 0.478. The molecule has 1 saturated carbocycles. The van der Waals surface area contributed by atoms with Gasteiger partial charge in [0, 0.05) is 31.2 Å². The highest BCUT2D eigenvalue weighted by Gasteiger charge is 2.51. The Morgan fingerprint density at radius 3 is 2.86 bits per heavy atom. The maximum atomic E-state index is 13.3. The molecule has 1 amide bonds. The minimum Gasteiger partial charge on any atom is -0.335 e. The number of nitrogens with zero attached hydrogens (tertiary/aromatic N) is 5. The van der Waals surface area contributed by atoms with Crippen LogP contribution in [0.25, 0.3) is 11.2 Å². The predicted octanol–water partition coefficient (Wildman–Crippen LogP) is 3.92. The predicted molar refractivity (Wildman–Crippen MR) is 111 cm³/mol. The van der Waals surface area contributed by atoms with Crippen molar-refractivity contribution >= 4 is 17.1 Å². The van der Waals surface area contributed by atoms with Crippen molar-refractivity contribution in [1.82, 2.24) is 24.4 Å². The number of hydrogen-bond donors (Lipinski definition) is 0. The standard InChI is InChI=1S/C23H27N5O/c1-22(2)8-18-9-23(3,13-22)14-28(18)21(29)17-7-19-20(25-11-17)27(15-26-19)12-16-5-4-6-24-10-16/h4-7,10-11,15,18H,8-9,12-14H2,1-3H3/t18-,23-/m1/s1. The normalized spacial score (nSPS) is 25.5. The molecule has 2 bridgehead atoms. The molecule has 3 aromatic rings. The maximum Gasteiger partial charge on any atom is 0.255 e. The summed E-state index contributed by atoms with van der Waals surface area (Å²) in [5.41, 5.74) is 3.80. The van der Waals surface area contributed by atoms with E-state index >= 15 is 0 Å². The summed E-state index contributed by atoms with van der Waals surface area (Å²) >= 11 is 0. The van der Waals surface area contributed by atoms with Crippen molar-refractivity contribution in [2.45, 2.75) is 52.6 Å². The highest BCUT2D eigenvalue weighted by molar-refractivity contribution is 5.96. The fourth-order valence-corrected chi connectivity index (χ4v) is 5.73. The van der Waals surface area contributed by atoms with Gasteiger partial charge in [0.05, 0.1) is 18.4 Å². The molecule has 1 aliphatic heterocycles. The highest BCUT2D eigenvalue weighted by atomic mass is 16.2. The van der Waals surface area contributed by atoms with E-state index in [1.807, 2.05) is 29.0 Å². The van der Waals surface area contributed by atoms with Gasteiger partial charge in [-0.2, -0.15) is 0 Å². The van der Waals surface area contributed by atoms with Crippen LogP contribution in [0.5, 0.6) is 0 Å². The van der Waals surface area contributed by atoms with E-state index in [4.69, 9.17) is 0 Å². The first kappa shape index (κ1) is 18.3. The average Bonchev–Trinajstić information content (AvgIpc) is 3.18.